The number of aryl methyl sites for hydroxylation is 1. The minimum atomic E-state index is -0.406. The van der Waals surface area contributed by atoms with Gasteiger partial charge in [0.2, 0.25) is 5.91 Å². The molecule has 0 atom stereocenters. The lowest BCUT2D eigenvalue weighted by atomic mass is 9.94. The molecule has 4 heteroatoms. The first-order valence-corrected chi connectivity index (χ1v) is 10.5. The maximum atomic E-state index is 13.2. The lowest BCUT2D eigenvalue weighted by molar-refractivity contribution is -0.118. The van der Waals surface area contributed by atoms with Crippen molar-refractivity contribution in [2.24, 2.45) is 0 Å². The summed E-state index contributed by atoms with van der Waals surface area (Å²) < 4.78 is 5.54. The summed E-state index contributed by atoms with van der Waals surface area (Å²) >= 11 is 0. The second-order valence-corrected chi connectivity index (χ2v) is 7.85. The minimum Gasteiger partial charge on any atom is -0.494 e. The number of benzene rings is 3. The van der Waals surface area contributed by atoms with E-state index in [1.807, 2.05) is 44.3 Å². The van der Waals surface area contributed by atoms with E-state index in [0.717, 1.165) is 46.7 Å². The molecule has 0 saturated heterocycles. The van der Waals surface area contributed by atoms with Gasteiger partial charge in [0, 0.05) is 18.4 Å². The molecule has 0 radical (unpaired) electrons. The number of hydrogen-bond acceptors (Lipinski definition) is 3. The molecule has 2 N–H and O–H groups in total. The van der Waals surface area contributed by atoms with E-state index in [1.54, 1.807) is 0 Å². The Morgan fingerprint density at radius 3 is 2.23 bits per heavy atom. The third-order valence-electron chi connectivity index (χ3n) is 5.88. The Balaban J connectivity index is 1.54. The van der Waals surface area contributed by atoms with Crippen molar-refractivity contribution in [3.8, 4) is 16.9 Å². The molecule has 0 bridgehead atoms. The normalized spacial score (nSPS) is 14.1. The Labute approximate surface area is 178 Å². The number of hydrogen-bond donors (Lipinski definition) is 2. The molecular formula is C26H28N2O2. The van der Waals surface area contributed by atoms with Crippen LogP contribution in [0.15, 0.2) is 66.7 Å². The van der Waals surface area contributed by atoms with E-state index >= 15 is 0 Å². The summed E-state index contributed by atoms with van der Waals surface area (Å²) in [6, 6.07) is 22.3. The van der Waals surface area contributed by atoms with Crippen LogP contribution in [0.4, 0.5) is 11.4 Å². The fourth-order valence-electron chi connectivity index (χ4n) is 3.89. The molecule has 1 fully saturated rings. The van der Waals surface area contributed by atoms with Crippen molar-refractivity contribution in [3.63, 3.8) is 0 Å². The summed E-state index contributed by atoms with van der Waals surface area (Å²) in [4.78, 5) is 13.2. The third kappa shape index (κ3) is 3.90. The van der Waals surface area contributed by atoms with Gasteiger partial charge < -0.3 is 15.4 Å². The van der Waals surface area contributed by atoms with Crippen LogP contribution in [-0.4, -0.2) is 19.6 Å². The zero-order valence-corrected chi connectivity index (χ0v) is 17.8. The van der Waals surface area contributed by atoms with Gasteiger partial charge in [-0.1, -0.05) is 30.3 Å². The second kappa shape index (κ2) is 8.23. The highest BCUT2D eigenvalue weighted by Gasteiger charge is 2.51. The molecule has 30 heavy (non-hydrogen) atoms. The van der Waals surface area contributed by atoms with Crippen molar-refractivity contribution in [3.05, 3.63) is 77.9 Å². The van der Waals surface area contributed by atoms with Gasteiger partial charge in [0.05, 0.1) is 12.0 Å². The molecule has 1 saturated carbocycles. The van der Waals surface area contributed by atoms with Gasteiger partial charge in [-0.15, -0.1) is 0 Å². The van der Waals surface area contributed by atoms with Crippen molar-refractivity contribution in [1.82, 2.24) is 0 Å². The highest BCUT2D eigenvalue weighted by molar-refractivity contribution is 6.01. The van der Waals surface area contributed by atoms with Crippen LogP contribution in [0.1, 0.15) is 30.9 Å². The van der Waals surface area contributed by atoms with E-state index in [4.69, 9.17) is 4.74 Å². The second-order valence-electron chi connectivity index (χ2n) is 7.85. The summed E-state index contributed by atoms with van der Waals surface area (Å²) in [5.74, 6) is 0.935. The quantitative estimate of drug-likeness (QED) is 0.529. The van der Waals surface area contributed by atoms with E-state index < -0.39 is 5.41 Å². The molecule has 0 unspecified atom stereocenters. The topological polar surface area (TPSA) is 50.4 Å². The summed E-state index contributed by atoms with van der Waals surface area (Å²) in [5, 5.41) is 6.29. The van der Waals surface area contributed by atoms with E-state index in [9.17, 15) is 4.79 Å². The monoisotopic (exact) mass is 400 g/mol. The number of rotatable bonds is 7. The average molecular weight is 401 g/mol. The summed E-state index contributed by atoms with van der Waals surface area (Å²) in [7, 11) is 1.90. The minimum absolute atomic E-state index is 0.0706. The Kier molecular flexibility index (Phi) is 5.49. The molecular weight excluding hydrogens is 372 g/mol. The highest BCUT2D eigenvalue weighted by Crippen LogP contribution is 2.49. The molecule has 1 aliphatic carbocycles. The lowest BCUT2D eigenvalue weighted by Crippen LogP contribution is -2.27. The van der Waals surface area contributed by atoms with Gasteiger partial charge in [0.15, 0.2) is 0 Å². The maximum Gasteiger partial charge on any atom is 0.235 e. The fourth-order valence-corrected chi connectivity index (χ4v) is 3.89. The van der Waals surface area contributed by atoms with Crippen LogP contribution in [0.5, 0.6) is 5.75 Å². The predicted octanol–water partition coefficient (Wildman–Crippen LogP) is 5.77. The molecule has 0 heterocycles. The van der Waals surface area contributed by atoms with Crippen LogP contribution in [-0.2, 0) is 10.2 Å². The SMILES string of the molecule is CCOc1ccc(-c2cc(NC(=O)C3(c4ccc(NC)cc4)CC3)ccc2C)cc1. The van der Waals surface area contributed by atoms with E-state index in [1.165, 1.54) is 5.56 Å². The average Bonchev–Trinajstić information content (AvgIpc) is 3.58. The maximum absolute atomic E-state index is 13.2. The van der Waals surface area contributed by atoms with Crippen LogP contribution in [0.2, 0.25) is 0 Å². The fraction of sp³-hybridized carbons (Fsp3) is 0.269. The predicted molar refractivity (Wildman–Crippen MR) is 123 cm³/mol. The number of carbonyl (C=O) groups excluding carboxylic acids is 1. The smallest absolute Gasteiger partial charge is 0.235 e. The van der Waals surface area contributed by atoms with Crippen LogP contribution in [0.3, 0.4) is 0 Å². The first-order chi connectivity index (χ1) is 14.6. The largest absolute Gasteiger partial charge is 0.494 e. The number of anilines is 2. The third-order valence-corrected chi connectivity index (χ3v) is 5.88. The molecule has 3 aromatic rings. The number of amides is 1. The van der Waals surface area contributed by atoms with Crippen molar-refractivity contribution in [2.75, 3.05) is 24.3 Å². The van der Waals surface area contributed by atoms with E-state index in [2.05, 4.69) is 54.0 Å². The van der Waals surface area contributed by atoms with Gasteiger partial charge in [-0.25, -0.2) is 0 Å². The van der Waals surface area contributed by atoms with Crippen LogP contribution >= 0.6 is 0 Å². The summed E-state index contributed by atoms with van der Waals surface area (Å²) in [6.45, 7) is 4.72. The molecule has 0 aliphatic heterocycles. The van der Waals surface area contributed by atoms with Gasteiger partial charge >= 0.3 is 0 Å². The van der Waals surface area contributed by atoms with Crippen molar-refractivity contribution in [1.29, 1.82) is 0 Å². The number of ether oxygens (including phenoxy) is 1. The van der Waals surface area contributed by atoms with Crippen LogP contribution in [0.25, 0.3) is 11.1 Å². The van der Waals surface area contributed by atoms with Crippen molar-refractivity contribution < 1.29 is 9.53 Å². The number of carbonyl (C=O) groups is 1. The van der Waals surface area contributed by atoms with Crippen LogP contribution in [0, 0.1) is 6.92 Å². The Hall–Kier alpha value is -3.27. The van der Waals surface area contributed by atoms with Gasteiger partial charge in [0.25, 0.3) is 0 Å². The zero-order valence-electron chi connectivity index (χ0n) is 17.8. The van der Waals surface area contributed by atoms with Gasteiger partial charge in [0.1, 0.15) is 5.75 Å². The van der Waals surface area contributed by atoms with Gasteiger partial charge in [-0.05, 0) is 85.3 Å². The van der Waals surface area contributed by atoms with E-state index in [-0.39, 0.29) is 5.91 Å². The van der Waals surface area contributed by atoms with Crippen molar-refractivity contribution in [2.45, 2.75) is 32.1 Å². The molecule has 0 aromatic heterocycles. The highest BCUT2D eigenvalue weighted by atomic mass is 16.5. The molecule has 0 spiro atoms. The lowest BCUT2D eigenvalue weighted by Gasteiger charge is -2.17. The van der Waals surface area contributed by atoms with Crippen molar-refractivity contribution >= 4 is 17.3 Å². The Bertz CT molecular complexity index is 1040. The van der Waals surface area contributed by atoms with E-state index in [0.29, 0.717) is 6.61 Å². The molecule has 4 rings (SSSR count). The Morgan fingerprint density at radius 2 is 1.63 bits per heavy atom. The first-order valence-electron chi connectivity index (χ1n) is 10.5. The number of nitrogens with one attached hydrogen (secondary N) is 2. The molecule has 4 nitrogen and oxygen atoms in total. The molecule has 1 aliphatic rings. The molecule has 154 valence electrons. The van der Waals surface area contributed by atoms with Gasteiger partial charge in [-0.2, -0.15) is 0 Å². The zero-order chi connectivity index (χ0) is 21.1. The standard InChI is InChI=1S/C26H28N2O2/c1-4-30-23-13-6-19(7-14-23)24-17-22(10-5-18(24)2)28-25(29)26(15-16-26)20-8-11-21(27-3)12-9-20/h5-14,17,27H,4,15-16H2,1-3H3,(H,28,29). The first kappa shape index (κ1) is 20.0. The Morgan fingerprint density at radius 1 is 0.967 bits per heavy atom. The van der Waals surface area contributed by atoms with Crippen LogP contribution < -0.4 is 15.4 Å². The molecule has 1 amide bonds. The summed E-state index contributed by atoms with van der Waals surface area (Å²) in [5.41, 5.74) is 5.94. The molecule has 3 aromatic carbocycles. The summed E-state index contributed by atoms with van der Waals surface area (Å²) in [6.07, 6.45) is 1.77. The van der Waals surface area contributed by atoms with Gasteiger partial charge in [-0.3, -0.25) is 4.79 Å².